The van der Waals surface area contributed by atoms with Gasteiger partial charge >= 0.3 is 0 Å². The fourth-order valence-electron chi connectivity index (χ4n) is 2.00. The Morgan fingerprint density at radius 2 is 1.86 bits per heavy atom. The summed E-state index contributed by atoms with van der Waals surface area (Å²) >= 11 is 5.79. The number of benzene rings is 2. The van der Waals surface area contributed by atoms with Gasteiger partial charge in [-0.15, -0.1) is 0 Å². The number of Topliss-reactive ketones (excluding diaryl/α,β-unsaturated/α-hetero) is 1. The highest BCUT2D eigenvalue weighted by Crippen LogP contribution is 2.21. The zero-order valence-electron chi connectivity index (χ0n) is 12.1. The average molecular weight is 305 g/mol. The molecule has 4 heteroatoms. The number of rotatable bonds is 6. The van der Waals surface area contributed by atoms with Crippen molar-refractivity contribution in [1.82, 2.24) is 0 Å². The predicted molar refractivity (Wildman–Crippen MR) is 83.4 cm³/mol. The number of aryl methyl sites for hydroxylation is 1. The molecule has 2 aromatic rings. The van der Waals surface area contributed by atoms with Crippen molar-refractivity contribution in [2.75, 3.05) is 13.7 Å². The lowest BCUT2D eigenvalue weighted by molar-refractivity contribution is -0.120. The Hall–Kier alpha value is -2.00. The van der Waals surface area contributed by atoms with Crippen molar-refractivity contribution >= 4 is 17.4 Å². The number of ketones is 1. The summed E-state index contributed by atoms with van der Waals surface area (Å²) in [7, 11) is 1.60. The first kappa shape index (κ1) is 15.4. The van der Waals surface area contributed by atoms with Gasteiger partial charge in [0.1, 0.15) is 18.1 Å². The van der Waals surface area contributed by atoms with E-state index in [0.717, 1.165) is 16.9 Å². The van der Waals surface area contributed by atoms with Crippen molar-refractivity contribution in [2.24, 2.45) is 0 Å². The molecule has 0 N–H and O–H groups in total. The van der Waals surface area contributed by atoms with Crippen molar-refractivity contribution < 1.29 is 14.3 Å². The second-order valence-corrected chi connectivity index (χ2v) is 5.21. The molecule has 0 aliphatic carbocycles. The van der Waals surface area contributed by atoms with Crippen LogP contribution in [0.3, 0.4) is 0 Å². The molecule has 0 heterocycles. The van der Waals surface area contributed by atoms with Gasteiger partial charge in [-0.3, -0.25) is 4.79 Å². The number of halogens is 1. The van der Waals surface area contributed by atoms with E-state index < -0.39 is 0 Å². The largest absolute Gasteiger partial charge is 0.496 e. The molecular weight excluding hydrogens is 288 g/mol. The van der Waals surface area contributed by atoms with Crippen molar-refractivity contribution in [3.63, 3.8) is 0 Å². The molecule has 0 atom stereocenters. The van der Waals surface area contributed by atoms with Crippen LogP contribution < -0.4 is 9.47 Å². The quantitative estimate of drug-likeness (QED) is 0.813. The molecule has 0 amide bonds. The summed E-state index contributed by atoms with van der Waals surface area (Å²) in [5, 5.41) is 0.637. The Bertz CT molecular complexity index is 620. The molecule has 0 aliphatic rings. The molecule has 2 rings (SSSR count). The predicted octanol–water partition coefficient (Wildman–Crippen LogP) is 3.85. The van der Waals surface area contributed by atoms with E-state index in [1.54, 1.807) is 31.4 Å². The number of carbonyl (C=O) groups is 1. The van der Waals surface area contributed by atoms with E-state index in [4.69, 9.17) is 21.1 Å². The minimum absolute atomic E-state index is 0.00569. The third-order valence-electron chi connectivity index (χ3n) is 3.04. The molecule has 0 radical (unpaired) electrons. The van der Waals surface area contributed by atoms with Crippen LogP contribution in [-0.4, -0.2) is 19.5 Å². The van der Waals surface area contributed by atoms with Gasteiger partial charge in [-0.2, -0.15) is 0 Å². The normalized spacial score (nSPS) is 10.2. The van der Waals surface area contributed by atoms with Crippen LogP contribution >= 0.6 is 11.6 Å². The molecular formula is C17H17ClO3. The van der Waals surface area contributed by atoms with E-state index in [9.17, 15) is 4.79 Å². The smallest absolute Gasteiger partial charge is 0.174 e. The number of methoxy groups -OCH3 is 1. The third-order valence-corrected chi connectivity index (χ3v) is 3.29. The molecule has 0 saturated carbocycles. The molecule has 0 bridgehead atoms. The standard InChI is InChI=1S/C17H17ClO3/c1-12-3-8-17(20-2)13(9-12)10-15(19)11-21-16-6-4-14(18)5-7-16/h3-9H,10-11H2,1-2H3. The lowest BCUT2D eigenvalue weighted by Gasteiger charge is -2.10. The van der Waals surface area contributed by atoms with E-state index in [2.05, 4.69) is 0 Å². The van der Waals surface area contributed by atoms with Crippen molar-refractivity contribution in [1.29, 1.82) is 0 Å². The Kier molecular flexibility index (Phi) is 5.23. The number of carbonyl (C=O) groups excluding carboxylic acids is 1. The van der Waals surface area contributed by atoms with Crippen LogP contribution in [0.15, 0.2) is 42.5 Å². The van der Waals surface area contributed by atoms with Crippen LogP contribution in [0.1, 0.15) is 11.1 Å². The van der Waals surface area contributed by atoms with Gasteiger partial charge < -0.3 is 9.47 Å². The van der Waals surface area contributed by atoms with E-state index in [-0.39, 0.29) is 12.4 Å². The molecule has 0 aliphatic heterocycles. The molecule has 3 nitrogen and oxygen atoms in total. The number of hydrogen-bond acceptors (Lipinski definition) is 3. The second kappa shape index (κ2) is 7.14. The summed E-state index contributed by atoms with van der Waals surface area (Å²) in [5.74, 6) is 1.35. The van der Waals surface area contributed by atoms with Gasteiger partial charge in [-0.25, -0.2) is 0 Å². The minimum Gasteiger partial charge on any atom is -0.496 e. The first-order chi connectivity index (χ1) is 10.1. The van der Waals surface area contributed by atoms with Gasteiger partial charge in [-0.05, 0) is 37.3 Å². The highest BCUT2D eigenvalue weighted by atomic mass is 35.5. The molecule has 0 aromatic heterocycles. The van der Waals surface area contributed by atoms with E-state index in [1.165, 1.54) is 0 Å². The first-order valence-corrected chi connectivity index (χ1v) is 7.00. The van der Waals surface area contributed by atoms with Gasteiger partial charge in [0.15, 0.2) is 5.78 Å². The van der Waals surface area contributed by atoms with Crippen LogP contribution in [0.25, 0.3) is 0 Å². The van der Waals surface area contributed by atoms with Gasteiger partial charge in [-0.1, -0.05) is 29.3 Å². The second-order valence-electron chi connectivity index (χ2n) is 4.77. The van der Waals surface area contributed by atoms with Crippen LogP contribution in [0, 0.1) is 6.92 Å². The zero-order chi connectivity index (χ0) is 15.2. The van der Waals surface area contributed by atoms with E-state index in [1.807, 2.05) is 25.1 Å². The lowest BCUT2D eigenvalue weighted by atomic mass is 10.1. The van der Waals surface area contributed by atoms with E-state index in [0.29, 0.717) is 17.2 Å². The van der Waals surface area contributed by atoms with Crippen LogP contribution in [-0.2, 0) is 11.2 Å². The highest BCUT2D eigenvalue weighted by molar-refractivity contribution is 6.30. The van der Waals surface area contributed by atoms with Gasteiger partial charge in [0.25, 0.3) is 0 Å². The molecule has 0 unspecified atom stereocenters. The zero-order valence-corrected chi connectivity index (χ0v) is 12.8. The Morgan fingerprint density at radius 3 is 2.52 bits per heavy atom. The SMILES string of the molecule is COc1ccc(C)cc1CC(=O)COc1ccc(Cl)cc1. The summed E-state index contributed by atoms with van der Waals surface area (Å²) in [6.07, 6.45) is 0.290. The van der Waals surface area contributed by atoms with Crippen LogP contribution in [0.5, 0.6) is 11.5 Å². The Balaban J connectivity index is 1.95. The molecule has 110 valence electrons. The maximum absolute atomic E-state index is 12.0. The summed E-state index contributed by atoms with van der Waals surface area (Å²) in [6, 6.07) is 12.7. The van der Waals surface area contributed by atoms with Crippen molar-refractivity contribution in [3.05, 3.63) is 58.6 Å². The summed E-state index contributed by atoms with van der Waals surface area (Å²) < 4.78 is 10.7. The number of ether oxygens (including phenoxy) is 2. The Morgan fingerprint density at radius 1 is 1.14 bits per heavy atom. The fraction of sp³-hybridized carbons (Fsp3) is 0.235. The maximum Gasteiger partial charge on any atom is 0.174 e. The summed E-state index contributed by atoms with van der Waals surface area (Å²) in [4.78, 5) is 12.0. The van der Waals surface area contributed by atoms with Crippen LogP contribution in [0.2, 0.25) is 5.02 Å². The molecule has 0 fully saturated rings. The minimum atomic E-state index is -0.00569. The van der Waals surface area contributed by atoms with Crippen molar-refractivity contribution in [2.45, 2.75) is 13.3 Å². The van der Waals surface area contributed by atoms with Gasteiger partial charge in [0, 0.05) is 17.0 Å². The van der Waals surface area contributed by atoms with Crippen LogP contribution in [0.4, 0.5) is 0 Å². The molecule has 0 saturated heterocycles. The highest BCUT2D eigenvalue weighted by Gasteiger charge is 2.10. The summed E-state index contributed by atoms with van der Waals surface area (Å²) in [5.41, 5.74) is 1.97. The molecule has 21 heavy (non-hydrogen) atoms. The average Bonchev–Trinajstić information content (AvgIpc) is 2.47. The maximum atomic E-state index is 12.0. The van der Waals surface area contributed by atoms with Gasteiger partial charge in [0.05, 0.1) is 7.11 Å². The molecule has 2 aromatic carbocycles. The number of hydrogen-bond donors (Lipinski definition) is 0. The lowest BCUT2D eigenvalue weighted by Crippen LogP contribution is -2.14. The first-order valence-electron chi connectivity index (χ1n) is 6.62. The molecule has 0 spiro atoms. The Labute approximate surface area is 129 Å². The van der Waals surface area contributed by atoms with Gasteiger partial charge in [0.2, 0.25) is 0 Å². The topological polar surface area (TPSA) is 35.5 Å². The van der Waals surface area contributed by atoms with Crippen molar-refractivity contribution in [3.8, 4) is 11.5 Å². The van der Waals surface area contributed by atoms with E-state index >= 15 is 0 Å². The third kappa shape index (κ3) is 4.50. The monoisotopic (exact) mass is 304 g/mol. The fourth-order valence-corrected chi connectivity index (χ4v) is 2.13. The summed E-state index contributed by atoms with van der Waals surface area (Å²) in [6.45, 7) is 2.01.